The van der Waals surface area contributed by atoms with Crippen LogP contribution in [-0.2, 0) is 78.6 Å². The van der Waals surface area contributed by atoms with Crippen LogP contribution in [0.2, 0.25) is 0 Å². The maximum absolute atomic E-state index is 15.0. The monoisotopic (exact) mass is 1380 g/mol. The summed E-state index contributed by atoms with van der Waals surface area (Å²) in [5.41, 5.74) is -3.20. The van der Waals surface area contributed by atoms with Crippen molar-refractivity contribution >= 4 is 35.3 Å². The van der Waals surface area contributed by atoms with Crippen LogP contribution in [0.3, 0.4) is 0 Å². The van der Waals surface area contributed by atoms with Crippen LogP contribution in [0.25, 0.3) is 22.3 Å². The van der Waals surface area contributed by atoms with Gasteiger partial charge in [0.05, 0.1) is 26.7 Å². The van der Waals surface area contributed by atoms with Gasteiger partial charge in [-0.25, -0.2) is 8.78 Å². The molecule has 0 fully saturated rings. The van der Waals surface area contributed by atoms with Crippen molar-refractivity contribution in [3.8, 4) is 22.3 Å². The van der Waals surface area contributed by atoms with E-state index in [2.05, 4.69) is 9.97 Å². The highest BCUT2D eigenvalue weighted by molar-refractivity contribution is 7.98. The topological polar surface area (TPSA) is 117 Å². The van der Waals surface area contributed by atoms with Gasteiger partial charge in [0.15, 0.2) is 10.3 Å². The second-order valence-corrected chi connectivity index (χ2v) is 23.1. The molecule has 6 aromatic carbocycles. The molecule has 508 valence electrons. The van der Waals surface area contributed by atoms with Gasteiger partial charge in [-0.05, 0) is 164 Å². The molecule has 96 heavy (non-hydrogen) atoms. The lowest BCUT2D eigenvalue weighted by atomic mass is 9.99. The number of carbonyl (C=O) groups excluding carboxylic acids is 2. The van der Waals surface area contributed by atoms with Crippen molar-refractivity contribution in [1.82, 2.24) is 38.7 Å². The van der Waals surface area contributed by atoms with Crippen LogP contribution >= 0.6 is 23.5 Å². The molecule has 2 aliphatic carbocycles. The fraction of sp³-hybridized carbons (Fsp3) is 0.378. The van der Waals surface area contributed by atoms with E-state index in [0.717, 1.165) is 100 Å². The van der Waals surface area contributed by atoms with E-state index in [1.807, 2.05) is 0 Å². The van der Waals surface area contributed by atoms with Crippen molar-refractivity contribution in [1.29, 1.82) is 0 Å². The summed E-state index contributed by atoms with van der Waals surface area (Å²) in [5, 5.41) is -0.485. The molecule has 12 nitrogen and oxygen atoms in total. The largest absolute Gasteiger partial charge is 0.416 e. The lowest BCUT2D eigenvalue weighted by molar-refractivity contribution is -0.138. The first-order valence-electron chi connectivity index (χ1n) is 41.5. The van der Waals surface area contributed by atoms with Crippen molar-refractivity contribution in [3.63, 3.8) is 0 Å². The molecule has 2 amide bonds. The molecule has 22 heteroatoms. The molecule has 0 bridgehead atoms. The van der Waals surface area contributed by atoms with E-state index in [-0.39, 0.29) is 53.0 Å². The summed E-state index contributed by atoms with van der Waals surface area (Å²) >= 11 is 1.69. The molecule has 0 radical (unpaired) electrons. The Morgan fingerprint density at radius 3 is 1.46 bits per heavy atom. The number of aromatic nitrogens is 4. The van der Waals surface area contributed by atoms with Crippen LogP contribution in [0.15, 0.2) is 165 Å². The number of halogens is 8. The number of carbonyl (C=O) groups is 2. The predicted molar refractivity (Wildman–Crippen MR) is 362 cm³/mol. The van der Waals surface area contributed by atoms with Gasteiger partial charge < -0.3 is 28.7 Å². The van der Waals surface area contributed by atoms with E-state index in [0.29, 0.717) is 83.0 Å². The molecular weight excluding hydrogens is 1280 g/mol. The Hall–Kier alpha value is -7.92. The lowest BCUT2D eigenvalue weighted by Gasteiger charge is -2.33. The molecular formula is C74H80F8N8O4S2. The third-order valence-corrected chi connectivity index (χ3v) is 17.0. The first kappa shape index (κ1) is 46.3. The molecule has 10 rings (SSSR count). The summed E-state index contributed by atoms with van der Waals surface area (Å²) < 4.78 is 320. The summed E-state index contributed by atoms with van der Waals surface area (Å²) in [6.07, 6.45) is -14.2. The average molecular weight is 1390 g/mol. The number of benzene rings is 6. The van der Waals surface area contributed by atoms with E-state index in [1.165, 1.54) is 89.5 Å². The number of rotatable bonds is 26. The van der Waals surface area contributed by atoms with Gasteiger partial charge in [-0.3, -0.25) is 19.2 Å². The number of fused-ring (bicyclic) bond motifs is 2. The van der Waals surface area contributed by atoms with Crippen molar-refractivity contribution in [2.75, 3.05) is 52.0 Å². The minimum absolute atomic E-state index is 0.0136. The number of amides is 2. The second kappa shape index (κ2) is 32.9. The van der Waals surface area contributed by atoms with Gasteiger partial charge in [-0.1, -0.05) is 155 Å². The number of likely N-dealkylation sites (N-methyl/N-ethyl adjacent to an activating group) is 2. The highest BCUT2D eigenvalue weighted by Crippen LogP contribution is 2.35. The zero-order valence-electron chi connectivity index (χ0n) is 76.4. The van der Waals surface area contributed by atoms with Gasteiger partial charge in [0.2, 0.25) is 11.8 Å². The van der Waals surface area contributed by atoms with Gasteiger partial charge in [0.1, 0.15) is 24.7 Å². The Labute approximate surface area is 597 Å². The lowest BCUT2D eigenvalue weighted by Crippen LogP contribution is -2.42. The molecule has 0 N–H and O–H groups in total. The quantitative estimate of drug-likeness (QED) is 0.0295. The van der Waals surface area contributed by atoms with Gasteiger partial charge in [-0.2, -0.15) is 36.3 Å². The summed E-state index contributed by atoms with van der Waals surface area (Å²) in [5.74, 6) is -6.79. The van der Waals surface area contributed by atoms with Crippen LogP contribution in [0, 0.1) is 17.5 Å². The molecule has 0 spiro atoms. The van der Waals surface area contributed by atoms with Gasteiger partial charge >= 0.3 is 12.4 Å². The second-order valence-electron chi connectivity index (χ2n) is 21.3. The molecule has 8 aromatic rings. The molecule has 0 aliphatic heterocycles. The number of thioether (sulfide) groups is 2. The van der Waals surface area contributed by atoms with Crippen molar-refractivity contribution in [3.05, 3.63) is 234 Å². The maximum atomic E-state index is 15.0. The summed E-state index contributed by atoms with van der Waals surface area (Å²) in [4.78, 5) is 64.4. The van der Waals surface area contributed by atoms with Crippen molar-refractivity contribution < 1.29 is 77.6 Å². The normalized spacial score (nSPS) is 21.1. The Bertz CT molecular complexity index is 5200. The molecule has 0 saturated carbocycles. The van der Waals surface area contributed by atoms with E-state index in [9.17, 15) is 63.9 Å². The van der Waals surface area contributed by atoms with E-state index < -0.39 is 176 Å². The van der Waals surface area contributed by atoms with Crippen LogP contribution in [0.5, 0.6) is 0 Å². The third-order valence-electron chi connectivity index (χ3n) is 14.9. The van der Waals surface area contributed by atoms with Crippen molar-refractivity contribution in [2.24, 2.45) is 5.89 Å². The number of hydrogen-bond donors (Lipinski definition) is 0. The summed E-state index contributed by atoms with van der Waals surface area (Å²) in [6.45, 7) is -28.0. The molecule has 2 aromatic heterocycles. The molecule has 2 unspecified atom stereocenters. The summed E-state index contributed by atoms with van der Waals surface area (Å²) in [6, 6.07) is 26.1. The highest BCUT2D eigenvalue weighted by atomic mass is 32.2. The maximum Gasteiger partial charge on any atom is 0.416 e. The number of hydrogen-bond acceptors (Lipinski definition) is 10. The van der Waals surface area contributed by atoms with Gasteiger partial charge in [-0.15, -0.1) is 0 Å². The Morgan fingerprint density at radius 2 is 0.990 bits per heavy atom. The van der Waals surface area contributed by atoms with Gasteiger partial charge in [0.25, 0.3) is 11.1 Å². The molecule has 2 atom stereocenters. The van der Waals surface area contributed by atoms with Crippen LogP contribution in [0.1, 0.15) is 143 Å². The number of alkyl halides is 6. The van der Waals surface area contributed by atoms with Crippen LogP contribution < -0.4 is 11.1 Å². The van der Waals surface area contributed by atoms with Crippen molar-refractivity contribution in [2.45, 2.75) is 133 Å². The fourth-order valence-corrected chi connectivity index (χ4v) is 11.8. The van der Waals surface area contributed by atoms with E-state index in [1.54, 1.807) is 0 Å². The third kappa shape index (κ3) is 18.8. The first-order valence-corrected chi connectivity index (χ1v) is 31.4. The minimum Gasteiger partial charge on any atom is -0.336 e. The Morgan fingerprint density at radius 1 is 0.573 bits per heavy atom. The zero-order chi connectivity index (χ0) is 90.4. The average Bonchev–Trinajstić information content (AvgIpc) is 1.53. The van der Waals surface area contributed by atoms with Gasteiger partial charge in [0, 0.05) is 89.8 Å². The van der Waals surface area contributed by atoms with Crippen LogP contribution in [0.4, 0.5) is 35.1 Å². The number of nitrogens with zero attached hydrogens (tertiary/aromatic N) is 8. The first-order chi connectivity index (χ1) is 54.6. The smallest absolute Gasteiger partial charge is 0.336 e. The predicted octanol–water partition coefficient (Wildman–Crippen LogP) is 15.2. The molecule has 0 saturated heterocycles. The standard InChI is InChI=1S/2C37H40F4N4O2S/c1-4-43(5-2)18-19-44(22-26-6-10-28(11-7-26)29-12-14-30(15-13-29)37(39,40)41)34(46)23-45-33-21-25(3)20-32(33)35(47)42-36(45)48-24-27-8-16-31(38)17-9-27;1-4-43(5-2)21-22-44(25(3)27-11-13-28(14-12-27)29-15-17-30(18-16-29)37(39,40)41)34(46)23-45-33-8-6-7-32(33)35(47)42-36(45)48-24-26-9-19-31(38)20-10-26/h6-17,25H,4-5,18-24H2,1-3H3;9-20,25H,4-8,21-24H2,1-3H3/i4D2,5D2,18D2,19D2,20D2,21D2,22D2,25D;4D2,5D2,21D2,22D2,25D. The van der Waals surface area contributed by atoms with E-state index >= 15 is 0 Å². The molecule has 2 heterocycles. The minimum atomic E-state index is -4.65. The van der Waals surface area contributed by atoms with Crippen LogP contribution in [-0.4, -0.2) is 102 Å². The fourth-order valence-electron chi connectivity index (χ4n) is 9.90. The summed E-state index contributed by atoms with van der Waals surface area (Å²) in [7, 11) is 0. The highest BCUT2D eigenvalue weighted by Gasteiger charge is 2.33. The molecule has 2 aliphatic rings. The Kier molecular flexibility index (Phi) is 15.9. The Balaban J connectivity index is 0.000000274. The zero-order valence-corrected chi connectivity index (χ0v) is 54.0. The SMILES string of the molecule is [2H]C([2H])(C)N(C([2H])([2H])C)C([2H])([2H])C([2H])([2H])N(C(=O)Cn1c(SCc2ccc(F)cc2)nc(=O)c2c1C([2H])([2H])C([2H])(C)C2([2H])[2H])C([2H])([2H])c1ccc(-c2ccc(C(F)(F)F)cc2)cc1.[2H]C([2H])(C)N(C([2H])([2H])C)C([2H])([2H])C([2H])([2H])N(C(=O)Cn1c(SCc2ccc(F)cc2)nc(=O)c2c1CCC2)C([2H])(C)c1ccc(-c2ccc(C(F)(F)F)cc2)cc1. The van der Waals surface area contributed by atoms with E-state index in [4.69, 9.17) is 23.3 Å².